The summed E-state index contributed by atoms with van der Waals surface area (Å²) in [6.07, 6.45) is 0. The third kappa shape index (κ3) is 3.08. The molecule has 0 aliphatic heterocycles. The fourth-order valence-corrected chi connectivity index (χ4v) is 1.66. The van der Waals surface area contributed by atoms with Crippen LogP contribution in [-0.2, 0) is 4.84 Å². The van der Waals surface area contributed by atoms with Crippen LogP contribution in [0.2, 0.25) is 0 Å². The molecule has 0 aliphatic rings. The van der Waals surface area contributed by atoms with Gasteiger partial charge in [0.1, 0.15) is 17.0 Å². The van der Waals surface area contributed by atoms with E-state index in [9.17, 15) is 4.79 Å². The zero-order valence-electron chi connectivity index (χ0n) is 11.2. The minimum atomic E-state index is -0.594. The number of aromatic nitrogens is 1. The number of hydrogen-bond donors (Lipinski definition) is 1. The molecule has 0 amide bonds. The van der Waals surface area contributed by atoms with Gasteiger partial charge in [-0.3, -0.25) is 0 Å². The molecule has 0 fully saturated rings. The van der Waals surface area contributed by atoms with Crippen molar-refractivity contribution in [1.29, 1.82) is 0 Å². The molecule has 104 valence electrons. The van der Waals surface area contributed by atoms with Crippen molar-refractivity contribution in [3.05, 3.63) is 41.7 Å². The van der Waals surface area contributed by atoms with Crippen LogP contribution in [0.25, 0.3) is 11.3 Å². The van der Waals surface area contributed by atoms with E-state index in [1.165, 1.54) is 0 Å². The Balaban J connectivity index is 2.33. The van der Waals surface area contributed by atoms with Crippen molar-refractivity contribution in [2.24, 2.45) is 5.16 Å². The van der Waals surface area contributed by atoms with E-state index in [1.807, 2.05) is 30.3 Å². The molecule has 0 aliphatic carbocycles. The molecular formula is C14H14N2O3S. The maximum atomic E-state index is 12.1. The van der Waals surface area contributed by atoms with Crippen molar-refractivity contribution in [3.63, 3.8) is 0 Å². The Morgan fingerprint density at radius 1 is 1.40 bits per heavy atom. The lowest BCUT2D eigenvalue weighted by molar-refractivity contribution is 0.0514. The summed E-state index contributed by atoms with van der Waals surface area (Å²) in [6, 6.07) is 9.29. The van der Waals surface area contributed by atoms with Crippen LogP contribution in [0.15, 0.2) is 40.0 Å². The number of thiol groups is 1. The Bertz CT molecular complexity index is 635. The van der Waals surface area contributed by atoms with Gasteiger partial charge in [-0.25, -0.2) is 4.79 Å². The summed E-state index contributed by atoms with van der Waals surface area (Å²) in [7, 11) is 0. The average Bonchev–Trinajstić information content (AvgIpc) is 2.87. The molecule has 0 radical (unpaired) electrons. The Hall–Kier alpha value is -2.08. The van der Waals surface area contributed by atoms with Crippen LogP contribution in [0.4, 0.5) is 0 Å². The average molecular weight is 290 g/mol. The SMILES string of the molecule is C/C(CS)=N/OC(=O)c1c(-c2ccccc2)noc1C. The van der Waals surface area contributed by atoms with E-state index in [0.29, 0.717) is 22.9 Å². The highest BCUT2D eigenvalue weighted by Gasteiger charge is 2.23. The zero-order chi connectivity index (χ0) is 14.5. The number of nitrogens with zero attached hydrogens (tertiary/aromatic N) is 2. The second-order valence-electron chi connectivity index (χ2n) is 4.19. The molecule has 0 bridgehead atoms. The minimum absolute atomic E-state index is 0.284. The van der Waals surface area contributed by atoms with Gasteiger partial charge in [-0.1, -0.05) is 40.6 Å². The van der Waals surface area contributed by atoms with Crippen molar-refractivity contribution in [2.45, 2.75) is 13.8 Å². The molecule has 2 aromatic rings. The van der Waals surface area contributed by atoms with Crippen molar-refractivity contribution < 1.29 is 14.2 Å². The van der Waals surface area contributed by atoms with Crippen LogP contribution in [0.3, 0.4) is 0 Å². The highest BCUT2D eigenvalue weighted by atomic mass is 32.1. The summed E-state index contributed by atoms with van der Waals surface area (Å²) in [4.78, 5) is 17.0. The number of aryl methyl sites for hydroxylation is 1. The monoisotopic (exact) mass is 290 g/mol. The first-order valence-corrected chi connectivity index (χ1v) is 6.64. The van der Waals surface area contributed by atoms with Crippen LogP contribution in [0.5, 0.6) is 0 Å². The molecular weight excluding hydrogens is 276 g/mol. The highest BCUT2D eigenvalue weighted by molar-refractivity contribution is 7.81. The number of carbonyl (C=O) groups excluding carboxylic acids is 1. The maximum Gasteiger partial charge on any atom is 0.371 e. The van der Waals surface area contributed by atoms with Crippen LogP contribution >= 0.6 is 12.6 Å². The highest BCUT2D eigenvalue weighted by Crippen LogP contribution is 2.25. The van der Waals surface area contributed by atoms with Crippen LogP contribution < -0.4 is 0 Å². The molecule has 6 heteroatoms. The van der Waals surface area contributed by atoms with Gasteiger partial charge in [-0.2, -0.15) is 12.6 Å². The van der Waals surface area contributed by atoms with E-state index in [2.05, 4.69) is 22.9 Å². The smallest absolute Gasteiger partial charge is 0.360 e. The first-order chi connectivity index (χ1) is 9.63. The largest absolute Gasteiger partial charge is 0.371 e. The van der Waals surface area contributed by atoms with E-state index in [4.69, 9.17) is 9.36 Å². The molecule has 20 heavy (non-hydrogen) atoms. The Labute approximate surface area is 122 Å². The summed E-state index contributed by atoms with van der Waals surface area (Å²) in [6.45, 7) is 3.38. The molecule has 1 aromatic heterocycles. The topological polar surface area (TPSA) is 64.7 Å². The predicted molar refractivity (Wildman–Crippen MR) is 79.1 cm³/mol. The number of oxime groups is 1. The van der Waals surface area contributed by atoms with E-state index < -0.39 is 5.97 Å². The Morgan fingerprint density at radius 2 is 2.10 bits per heavy atom. The zero-order valence-corrected chi connectivity index (χ0v) is 12.1. The van der Waals surface area contributed by atoms with Gasteiger partial charge in [0, 0.05) is 11.3 Å². The molecule has 0 spiro atoms. The van der Waals surface area contributed by atoms with Crippen LogP contribution in [-0.4, -0.2) is 22.6 Å². The summed E-state index contributed by atoms with van der Waals surface area (Å²) >= 11 is 4.04. The first-order valence-electron chi connectivity index (χ1n) is 6.01. The van der Waals surface area contributed by atoms with Crippen molar-refractivity contribution in [2.75, 3.05) is 5.75 Å². The second kappa shape index (κ2) is 6.38. The van der Waals surface area contributed by atoms with Gasteiger partial charge in [-0.05, 0) is 13.8 Å². The lowest BCUT2D eigenvalue weighted by Crippen LogP contribution is -2.05. The molecule has 0 atom stereocenters. The molecule has 1 heterocycles. The number of carbonyl (C=O) groups is 1. The van der Waals surface area contributed by atoms with Gasteiger partial charge in [0.15, 0.2) is 0 Å². The van der Waals surface area contributed by atoms with E-state index >= 15 is 0 Å². The molecule has 0 N–H and O–H groups in total. The standard InChI is InChI=1S/C14H14N2O3S/c1-9(8-20)15-19-14(17)12-10(2)18-16-13(12)11-6-4-3-5-7-11/h3-7,20H,8H2,1-2H3/b15-9-. The number of benzene rings is 1. The van der Waals surface area contributed by atoms with Crippen molar-refractivity contribution in [3.8, 4) is 11.3 Å². The summed E-state index contributed by atoms with van der Waals surface area (Å²) in [5.41, 5.74) is 2.13. The van der Waals surface area contributed by atoms with Gasteiger partial charge in [0.25, 0.3) is 0 Å². The number of hydrogen-bond acceptors (Lipinski definition) is 6. The summed E-state index contributed by atoms with van der Waals surface area (Å²) < 4.78 is 5.09. The molecule has 0 unspecified atom stereocenters. The van der Waals surface area contributed by atoms with E-state index in [0.717, 1.165) is 5.56 Å². The molecule has 2 rings (SSSR count). The van der Waals surface area contributed by atoms with Crippen molar-refractivity contribution >= 4 is 24.3 Å². The molecule has 5 nitrogen and oxygen atoms in total. The minimum Gasteiger partial charge on any atom is -0.360 e. The normalized spacial score (nSPS) is 11.4. The van der Waals surface area contributed by atoms with E-state index in [-0.39, 0.29) is 5.56 Å². The quantitative estimate of drug-likeness (QED) is 0.407. The van der Waals surface area contributed by atoms with Gasteiger partial charge in [0.2, 0.25) is 0 Å². The van der Waals surface area contributed by atoms with Gasteiger partial charge >= 0.3 is 5.97 Å². The Morgan fingerprint density at radius 3 is 2.75 bits per heavy atom. The fourth-order valence-electron chi connectivity index (χ4n) is 1.60. The Kier molecular flexibility index (Phi) is 4.57. The predicted octanol–water partition coefficient (Wildman–Crippen LogP) is 3.11. The van der Waals surface area contributed by atoms with E-state index in [1.54, 1.807) is 13.8 Å². The molecule has 0 saturated heterocycles. The first kappa shape index (κ1) is 14.3. The fraction of sp³-hybridized carbons (Fsp3) is 0.214. The third-order valence-corrected chi connectivity index (χ3v) is 3.08. The van der Waals surface area contributed by atoms with Gasteiger partial charge < -0.3 is 9.36 Å². The molecule has 0 saturated carbocycles. The molecule has 1 aromatic carbocycles. The van der Waals surface area contributed by atoms with Gasteiger partial charge in [-0.15, -0.1) is 0 Å². The van der Waals surface area contributed by atoms with Gasteiger partial charge in [0.05, 0.1) is 5.71 Å². The van der Waals surface area contributed by atoms with Crippen LogP contribution in [0.1, 0.15) is 23.0 Å². The lowest BCUT2D eigenvalue weighted by Gasteiger charge is -2.00. The maximum absolute atomic E-state index is 12.1. The number of rotatable bonds is 4. The van der Waals surface area contributed by atoms with Crippen LogP contribution in [0, 0.1) is 6.92 Å². The lowest BCUT2D eigenvalue weighted by atomic mass is 10.1. The second-order valence-corrected chi connectivity index (χ2v) is 4.51. The van der Waals surface area contributed by atoms with Crippen molar-refractivity contribution in [1.82, 2.24) is 5.16 Å². The summed E-state index contributed by atoms with van der Waals surface area (Å²) in [5, 5.41) is 7.61. The third-order valence-electron chi connectivity index (χ3n) is 2.63. The summed E-state index contributed by atoms with van der Waals surface area (Å²) in [5.74, 6) is 0.220.